The van der Waals surface area contributed by atoms with Crippen LogP contribution < -0.4 is 5.73 Å². The van der Waals surface area contributed by atoms with Gasteiger partial charge in [-0.3, -0.25) is 4.90 Å². The summed E-state index contributed by atoms with van der Waals surface area (Å²) in [4.78, 5) is 2.68. The van der Waals surface area contributed by atoms with Crippen LogP contribution in [0.3, 0.4) is 0 Å². The van der Waals surface area contributed by atoms with Crippen LogP contribution in [0.1, 0.15) is 58.8 Å². The van der Waals surface area contributed by atoms with Gasteiger partial charge in [0.05, 0.1) is 0 Å². The molecule has 2 heteroatoms. The van der Waals surface area contributed by atoms with Gasteiger partial charge in [0, 0.05) is 19.1 Å². The highest BCUT2D eigenvalue weighted by atomic mass is 15.2. The van der Waals surface area contributed by atoms with Gasteiger partial charge in [0.25, 0.3) is 0 Å². The van der Waals surface area contributed by atoms with Gasteiger partial charge in [-0.15, -0.1) is 0 Å². The Labute approximate surface area is 102 Å². The maximum atomic E-state index is 5.75. The molecule has 1 saturated carbocycles. The van der Waals surface area contributed by atoms with Crippen LogP contribution in [0.25, 0.3) is 0 Å². The molecular weight excluding hydrogens is 196 g/mol. The second-order valence-electron chi connectivity index (χ2n) is 5.20. The molecular formula is C14H30N2. The Kier molecular flexibility index (Phi) is 7.06. The molecule has 0 radical (unpaired) electrons. The molecule has 2 atom stereocenters. The smallest absolute Gasteiger partial charge is 0.0124 e. The molecule has 1 aliphatic carbocycles. The van der Waals surface area contributed by atoms with Gasteiger partial charge in [0.15, 0.2) is 0 Å². The fourth-order valence-corrected chi connectivity index (χ4v) is 3.12. The van der Waals surface area contributed by atoms with Gasteiger partial charge in [-0.25, -0.2) is 0 Å². The van der Waals surface area contributed by atoms with Crippen LogP contribution in [0.5, 0.6) is 0 Å². The highest BCUT2D eigenvalue weighted by molar-refractivity contribution is 4.82. The molecule has 0 bridgehead atoms. The van der Waals surface area contributed by atoms with Crippen LogP contribution in [-0.4, -0.2) is 30.6 Å². The van der Waals surface area contributed by atoms with E-state index in [0.29, 0.717) is 0 Å². The van der Waals surface area contributed by atoms with E-state index in [1.807, 2.05) is 0 Å². The fourth-order valence-electron chi connectivity index (χ4n) is 3.12. The molecule has 0 aromatic heterocycles. The van der Waals surface area contributed by atoms with Gasteiger partial charge in [-0.05, 0) is 31.7 Å². The molecule has 1 aliphatic rings. The van der Waals surface area contributed by atoms with Crippen molar-refractivity contribution < 1.29 is 0 Å². The third kappa shape index (κ3) is 4.06. The van der Waals surface area contributed by atoms with Crippen molar-refractivity contribution >= 4 is 0 Å². The number of nitrogens with two attached hydrogens (primary N) is 1. The molecule has 1 rings (SSSR count). The van der Waals surface area contributed by atoms with Crippen LogP contribution in [0.2, 0.25) is 0 Å². The minimum absolute atomic E-state index is 0.816. The Balaban J connectivity index is 2.51. The predicted octanol–water partition coefficient (Wildman–Crippen LogP) is 3.02. The molecule has 0 saturated heterocycles. The SMILES string of the molecule is CCCCN(CCN)C1CCCCC1CC. The van der Waals surface area contributed by atoms with E-state index in [9.17, 15) is 0 Å². The summed E-state index contributed by atoms with van der Waals surface area (Å²) in [5.74, 6) is 0.928. The monoisotopic (exact) mass is 226 g/mol. The maximum Gasteiger partial charge on any atom is 0.0124 e. The van der Waals surface area contributed by atoms with Crippen molar-refractivity contribution in [2.75, 3.05) is 19.6 Å². The lowest BCUT2D eigenvalue weighted by atomic mass is 9.82. The van der Waals surface area contributed by atoms with E-state index >= 15 is 0 Å². The van der Waals surface area contributed by atoms with E-state index in [-0.39, 0.29) is 0 Å². The Hall–Kier alpha value is -0.0800. The third-order valence-electron chi connectivity index (χ3n) is 4.08. The summed E-state index contributed by atoms with van der Waals surface area (Å²) in [5.41, 5.74) is 5.75. The number of hydrogen-bond donors (Lipinski definition) is 1. The van der Waals surface area contributed by atoms with Crippen LogP contribution in [-0.2, 0) is 0 Å². The number of nitrogens with zero attached hydrogens (tertiary/aromatic N) is 1. The molecule has 16 heavy (non-hydrogen) atoms. The van der Waals surface area contributed by atoms with Gasteiger partial charge in [-0.2, -0.15) is 0 Å². The van der Waals surface area contributed by atoms with E-state index in [1.165, 1.54) is 51.5 Å². The molecule has 2 unspecified atom stereocenters. The molecule has 1 fully saturated rings. The topological polar surface area (TPSA) is 29.3 Å². The number of hydrogen-bond acceptors (Lipinski definition) is 2. The Morgan fingerprint density at radius 3 is 2.50 bits per heavy atom. The Bertz CT molecular complexity index is 170. The standard InChI is InChI=1S/C14H30N2/c1-3-5-11-16(12-10-15)14-9-7-6-8-13(14)4-2/h13-14H,3-12,15H2,1-2H3. The summed E-state index contributed by atoms with van der Waals surface area (Å²) < 4.78 is 0. The van der Waals surface area contributed by atoms with Crippen LogP contribution in [0, 0.1) is 5.92 Å². The van der Waals surface area contributed by atoms with Crippen molar-refractivity contribution in [2.45, 2.75) is 64.8 Å². The molecule has 2 nitrogen and oxygen atoms in total. The second kappa shape index (κ2) is 8.08. The number of rotatable bonds is 7. The van der Waals surface area contributed by atoms with E-state index in [2.05, 4.69) is 18.7 Å². The molecule has 0 aromatic carbocycles. The van der Waals surface area contributed by atoms with E-state index in [1.54, 1.807) is 0 Å². The highest BCUT2D eigenvalue weighted by Crippen LogP contribution is 2.30. The molecule has 0 amide bonds. The first-order valence-corrected chi connectivity index (χ1v) is 7.27. The predicted molar refractivity (Wildman–Crippen MR) is 71.6 cm³/mol. The van der Waals surface area contributed by atoms with Crippen molar-refractivity contribution in [2.24, 2.45) is 11.7 Å². The van der Waals surface area contributed by atoms with Crippen LogP contribution >= 0.6 is 0 Å². The lowest BCUT2D eigenvalue weighted by Gasteiger charge is -2.39. The van der Waals surface area contributed by atoms with Crippen LogP contribution in [0.4, 0.5) is 0 Å². The quantitative estimate of drug-likeness (QED) is 0.723. The Morgan fingerprint density at radius 1 is 1.12 bits per heavy atom. The molecule has 0 aliphatic heterocycles. The average Bonchev–Trinajstić information content (AvgIpc) is 2.34. The van der Waals surface area contributed by atoms with Crippen molar-refractivity contribution in [3.63, 3.8) is 0 Å². The van der Waals surface area contributed by atoms with Crippen molar-refractivity contribution in [3.8, 4) is 0 Å². The summed E-state index contributed by atoms with van der Waals surface area (Å²) >= 11 is 0. The summed E-state index contributed by atoms with van der Waals surface area (Å²) in [6.07, 6.45) is 9.68. The lowest BCUT2D eigenvalue weighted by Crippen LogP contribution is -2.45. The molecule has 0 heterocycles. The van der Waals surface area contributed by atoms with E-state index < -0.39 is 0 Å². The molecule has 0 spiro atoms. The lowest BCUT2D eigenvalue weighted by molar-refractivity contribution is 0.102. The zero-order valence-corrected chi connectivity index (χ0v) is 11.3. The molecule has 2 N–H and O–H groups in total. The second-order valence-corrected chi connectivity index (χ2v) is 5.20. The first-order chi connectivity index (χ1) is 7.83. The van der Waals surface area contributed by atoms with Crippen molar-refractivity contribution in [1.29, 1.82) is 0 Å². The summed E-state index contributed by atoms with van der Waals surface area (Å²) in [7, 11) is 0. The minimum Gasteiger partial charge on any atom is -0.329 e. The first kappa shape index (κ1) is 14.0. The van der Waals surface area contributed by atoms with E-state index in [0.717, 1.165) is 25.0 Å². The van der Waals surface area contributed by atoms with Gasteiger partial charge in [-0.1, -0.05) is 39.5 Å². The largest absolute Gasteiger partial charge is 0.329 e. The Morgan fingerprint density at radius 2 is 1.88 bits per heavy atom. The minimum atomic E-state index is 0.816. The van der Waals surface area contributed by atoms with Crippen molar-refractivity contribution in [3.05, 3.63) is 0 Å². The van der Waals surface area contributed by atoms with Gasteiger partial charge < -0.3 is 5.73 Å². The van der Waals surface area contributed by atoms with E-state index in [4.69, 9.17) is 5.73 Å². The van der Waals surface area contributed by atoms with Gasteiger partial charge >= 0.3 is 0 Å². The number of unbranched alkanes of at least 4 members (excludes halogenated alkanes) is 1. The van der Waals surface area contributed by atoms with Crippen molar-refractivity contribution in [1.82, 2.24) is 4.90 Å². The summed E-state index contributed by atoms with van der Waals surface area (Å²) in [6.45, 7) is 7.80. The average molecular weight is 226 g/mol. The zero-order chi connectivity index (χ0) is 11.8. The molecule has 96 valence electrons. The van der Waals surface area contributed by atoms with Crippen LogP contribution in [0.15, 0.2) is 0 Å². The zero-order valence-electron chi connectivity index (χ0n) is 11.3. The van der Waals surface area contributed by atoms with Gasteiger partial charge in [0.2, 0.25) is 0 Å². The normalized spacial score (nSPS) is 26.2. The summed E-state index contributed by atoms with van der Waals surface area (Å²) in [5, 5.41) is 0. The maximum absolute atomic E-state index is 5.75. The third-order valence-corrected chi connectivity index (χ3v) is 4.08. The highest BCUT2D eigenvalue weighted by Gasteiger charge is 2.27. The first-order valence-electron chi connectivity index (χ1n) is 7.27. The fraction of sp³-hybridized carbons (Fsp3) is 1.00. The summed E-state index contributed by atoms with van der Waals surface area (Å²) in [6, 6.07) is 0.828. The van der Waals surface area contributed by atoms with Gasteiger partial charge in [0.1, 0.15) is 0 Å². The molecule has 0 aromatic rings.